The van der Waals surface area contributed by atoms with Gasteiger partial charge in [-0.1, -0.05) is 18.7 Å². The standard InChI is InChI=1S/C28H27I6N3O9/c1-13(4-2-3-5-21(42)43)26(44)35-37(10-16(41)12-39)28(46)23-18(31)8-17(30)22(24(23)34)27(45)36(9-15(40)11-38)25-19(32)6-14(29)7-20(25)33/h2,4,6-8,15-16,38-41H,1,3,5,9-12H2,(H,35,44)(H,42,43). The molecule has 2 aromatic carbocycles. The Morgan fingerprint density at radius 3 is 1.87 bits per heavy atom. The maximum absolute atomic E-state index is 14.3. The van der Waals surface area contributed by atoms with E-state index < -0.39 is 55.7 Å². The molecule has 0 aromatic heterocycles. The van der Waals surface area contributed by atoms with Gasteiger partial charge in [0, 0.05) is 33.4 Å². The van der Waals surface area contributed by atoms with E-state index in [0.717, 1.165) is 15.7 Å². The Morgan fingerprint density at radius 1 is 0.826 bits per heavy atom. The maximum atomic E-state index is 14.3. The van der Waals surface area contributed by atoms with Gasteiger partial charge in [0.15, 0.2) is 0 Å². The number of carboxylic acid groups (broad SMARTS) is 1. The number of hydrogen-bond donors (Lipinski definition) is 6. The van der Waals surface area contributed by atoms with Crippen molar-refractivity contribution in [3.63, 3.8) is 0 Å². The number of aliphatic carboxylic acids is 1. The Labute approximate surface area is 346 Å². The van der Waals surface area contributed by atoms with Crippen LogP contribution in [0.25, 0.3) is 0 Å². The van der Waals surface area contributed by atoms with Crippen molar-refractivity contribution in [3.8, 4) is 0 Å². The predicted molar refractivity (Wildman–Crippen MR) is 221 cm³/mol. The summed E-state index contributed by atoms with van der Waals surface area (Å²) in [6.45, 7) is 1.60. The number of hydrazine groups is 1. The summed E-state index contributed by atoms with van der Waals surface area (Å²) in [7, 11) is 0. The molecule has 0 fully saturated rings. The van der Waals surface area contributed by atoms with Gasteiger partial charge in [-0.2, -0.15) is 0 Å². The van der Waals surface area contributed by atoms with Crippen LogP contribution in [0.4, 0.5) is 5.69 Å². The molecule has 2 rings (SSSR count). The van der Waals surface area contributed by atoms with E-state index in [1.807, 2.05) is 79.9 Å². The Balaban J connectivity index is 2.62. The van der Waals surface area contributed by atoms with E-state index in [0.29, 0.717) is 12.8 Å². The minimum absolute atomic E-state index is 0.0349. The van der Waals surface area contributed by atoms with Gasteiger partial charge in [-0.15, -0.1) is 0 Å². The monoisotopic (exact) mass is 1310 g/mol. The molecule has 0 heterocycles. The van der Waals surface area contributed by atoms with Crippen molar-refractivity contribution in [1.29, 1.82) is 0 Å². The molecule has 12 nitrogen and oxygen atoms in total. The number of carbonyl (C=O) groups is 4. The number of carboxylic acids is 1. The number of nitrogens with zero attached hydrogens (tertiary/aromatic N) is 2. The number of benzene rings is 2. The molecule has 46 heavy (non-hydrogen) atoms. The smallest absolute Gasteiger partial charge is 0.303 e. The van der Waals surface area contributed by atoms with E-state index in [9.17, 15) is 39.6 Å². The van der Waals surface area contributed by atoms with Crippen LogP contribution in [0.1, 0.15) is 33.6 Å². The highest BCUT2D eigenvalue weighted by atomic mass is 127. The van der Waals surface area contributed by atoms with Crippen LogP contribution >= 0.6 is 136 Å². The Morgan fingerprint density at radius 2 is 1.35 bits per heavy atom. The zero-order chi connectivity index (χ0) is 34.9. The average molecular weight is 1310 g/mol. The molecule has 0 bridgehead atoms. The molecule has 6 N–H and O–H groups in total. The lowest BCUT2D eigenvalue weighted by molar-refractivity contribution is -0.136. The zero-order valence-corrected chi connectivity index (χ0v) is 36.5. The number of allylic oxidation sites excluding steroid dienone is 1. The van der Waals surface area contributed by atoms with E-state index in [2.05, 4.69) is 79.8 Å². The summed E-state index contributed by atoms with van der Waals surface area (Å²) in [6, 6.07) is 5.34. The van der Waals surface area contributed by atoms with Crippen molar-refractivity contribution < 1.29 is 44.7 Å². The van der Waals surface area contributed by atoms with Gasteiger partial charge in [0.1, 0.15) is 0 Å². The van der Waals surface area contributed by atoms with Gasteiger partial charge in [-0.3, -0.25) is 24.6 Å². The highest BCUT2D eigenvalue weighted by Crippen LogP contribution is 2.35. The minimum atomic E-state index is -1.43. The fraction of sp³-hybridized carbons (Fsp3) is 0.286. The van der Waals surface area contributed by atoms with Crippen LogP contribution < -0.4 is 10.3 Å². The third-order valence-electron chi connectivity index (χ3n) is 5.92. The number of anilines is 1. The number of carbonyl (C=O) groups excluding carboxylic acids is 3. The first kappa shape index (κ1) is 42.2. The minimum Gasteiger partial charge on any atom is -0.481 e. The molecule has 0 radical (unpaired) electrons. The number of rotatable bonds is 14. The summed E-state index contributed by atoms with van der Waals surface area (Å²) in [5.41, 5.74) is 2.99. The van der Waals surface area contributed by atoms with Crippen molar-refractivity contribution in [3.05, 3.63) is 75.1 Å². The number of aliphatic hydroxyl groups excluding tert-OH is 4. The second kappa shape index (κ2) is 20.0. The Hall–Kier alpha value is 0.0200. The third kappa shape index (κ3) is 11.8. The van der Waals surface area contributed by atoms with Crippen LogP contribution in [0.15, 0.2) is 42.5 Å². The van der Waals surface area contributed by atoms with E-state index in [4.69, 9.17) is 5.11 Å². The number of aliphatic hydroxyl groups is 4. The van der Waals surface area contributed by atoms with Crippen molar-refractivity contribution in [2.45, 2.75) is 25.0 Å². The lowest BCUT2D eigenvalue weighted by Gasteiger charge is -2.29. The molecule has 250 valence electrons. The molecule has 0 aliphatic heterocycles. The van der Waals surface area contributed by atoms with Crippen LogP contribution in [0.5, 0.6) is 0 Å². The summed E-state index contributed by atoms with van der Waals surface area (Å²) in [6.07, 6.45) is 0.0683. The molecule has 0 aliphatic carbocycles. The molecule has 18 heteroatoms. The molecule has 0 aliphatic rings. The first-order valence-electron chi connectivity index (χ1n) is 13.0. The van der Waals surface area contributed by atoms with E-state index in [1.165, 1.54) is 17.1 Å². The summed E-state index contributed by atoms with van der Waals surface area (Å²) >= 11 is 12.1. The topological polar surface area (TPSA) is 188 Å². The second-order valence-electron chi connectivity index (χ2n) is 9.43. The largest absolute Gasteiger partial charge is 0.481 e. The first-order chi connectivity index (χ1) is 21.5. The summed E-state index contributed by atoms with van der Waals surface area (Å²) in [5, 5.41) is 49.3. The fourth-order valence-electron chi connectivity index (χ4n) is 3.74. The highest BCUT2D eigenvalue weighted by molar-refractivity contribution is 14.1. The number of halogens is 6. The lowest BCUT2D eigenvalue weighted by Crippen LogP contribution is -2.51. The van der Waals surface area contributed by atoms with Crippen molar-refractivity contribution in [2.24, 2.45) is 0 Å². The van der Waals surface area contributed by atoms with Crippen LogP contribution in [0.2, 0.25) is 0 Å². The van der Waals surface area contributed by atoms with Crippen molar-refractivity contribution in [2.75, 3.05) is 31.2 Å². The summed E-state index contributed by atoms with van der Waals surface area (Å²) in [5.74, 6) is -3.16. The molecule has 2 aromatic rings. The van der Waals surface area contributed by atoms with Crippen LogP contribution in [0.3, 0.4) is 0 Å². The molecule has 2 atom stereocenters. The second-order valence-corrected chi connectivity index (χ2v) is 16.4. The first-order valence-corrected chi connectivity index (χ1v) is 19.4. The molecule has 2 unspecified atom stereocenters. The van der Waals surface area contributed by atoms with Gasteiger partial charge in [0.05, 0.1) is 55.3 Å². The van der Waals surface area contributed by atoms with Crippen LogP contribution in [-0.4, -0.2) is 92.7 Å². The molecular formula is C28H27I6N3O9. The van der Waals surface area contributed by atoms with E-state index in [1.54, 1.807) is 6.07 Å². The van der Waals surface area contributed by atoms with Gasteiger partial charge in [-0.05, 0) is 160 Å². The molecule has 0 saturated heterocycles. The van der Waals surface area contributed by atoms with Gasteiger partial charge < -0.3 is 30.4 Å². The van der Waals surface area contributed by atoms with Gasteiger partial charge in [-0.25, -0.2) is 5.01 Å². The highest BCUT2D eigenvalue weighted by Gasteiger charge is 2.33. The lowest BCUT2D eigenvalue weighted by atomic mass is 10.1. The van der Waals surface area contributed by atoms with Gasteiger partial charge in [0.2, 0.25) is 0 Å². The van der Waals surface area contributed by atoms with Crippen LogP contribution in [0, 0.1) is 21.4 Å². The fourth-order valence-corrected chi connectivity index (χ4v) is 12.2. The van der Waals surface area contributed by atoms with Crippen LogP contribution in [-0.2, 0) is 9.59 Å². The average Bonchev–Trinajstić information content (AvgIpc) is 2.96. The molecule has 3 amide bonds. The number of hydrogen-bond acceptors (Lipinski definition) is 8. The SMILES string of the molecule is C=C(C=CCCC(=O)O)C(=O)NN(CC(O)CO)C(=O)c1c(I)cc(I)c(C(=O)N(CC(O)CO)c2c(I)cc(I)cc2I)c1I. The van der Waals surface area contributed by atoms with Crippen molar-refractivity contribution in [1.82, 2.24) is 10.4 Å². The van der Waals surface area contributed by atoms with E-state index >= 15 is 0 Å². The zero-order valence-electron chi connectivity index (χ0n) is 23.5. The van der Waals surface area contributed by atoms with Crippen molar-refractivity contribution >= 4 is 165 Å². The van der Waals surface area contributed by atoms with Gasteiger partial charge >= 0.3 is 5.97 Å². The van der Waals surface area contributed by atoms with E-state index in [-0.39, 0.29) is 39.7 Å². The number of amides is 3. The van der Waals surface area contributed by atoms with Gasteiger partial charge in [0.25, 0.3) is 17.7 Å². The molecular weight excluding hydrogens is 1280 g/mol. The third-order valence-corrected chi connectivity index (χ3v) is 11.0. The normalized spacial score (nSPS) is 12.5. The summed E-state index contributed by atoms with van der Waals surface area (Å²) in [4.78, 5) is 53.4. The summed E-state index contributed by atoms with van der Waals surface area (Å²) < 4.78 is 3.54. The Bertz CT molecular complexity index is 1520. The number of nitrogens with one attached hydrogen (secondary N) is 1. The molecule has 0 saturated carbocycles. The molecule has 0 spiro atoms. The Kier molecular flexibility index (Phi) is 18.4. The predicted octanol–water partition coefficient (Wildman–Crippen LogP) is 4.12. The quantitative estimate of drug-likeness (QED) is 0.0701. The maximum Gasteiger partial charge on any atom is 0.303 e.